The summed E-state index contributed by atoms with van der Waals surface area (Å²) in [4.78, 5) is 10.6. The number of fused-ring (bicyclic) bond motifs is 1. The van der Waals surface area contributed by atoms with Crippen molar-refractivity contribution in [3.63, 3.8) is 0 Å². The number of aromatic amines is 1. The molecular formula is C15H22N4O. The van der Waals surface area contributed by atoms with Gasteiger partial charge in [0.25, 0.3) is 0 Å². The van der Waals surface area contributed by atoms with Crippen LogP contribution in [0.25, 0.3) is 11.0 Å². The van der Waals surface area contributed by atoms with E-state index in [-0.39, 0.29) is 0 Å². The number of nitrogens with one attached hydrogen (secondary N) is 2. The number of H-pyrrole nitrogens is 1. The highest BCUT2D eigenvalue weighted by Crippen LogP contribution is 2.24. The zero-order chi connectivity index (χ0) is 13.9. The van der Waals surface area contributed by atoms with E-state index in [0.29, 0.717) is 12.6 Å². The Morgan fingerprint density at radius 2 is 2.15 bits per heavy atom. The predicted octanol–water partition coefficient (Wildman–Crippen LogP) is 1.93. The minimum absolute atomic E-state index is 0.319. The number of aromatic nitrogens is 2. The summed E-state index contributed by atoms with van der Waals surface area (Å²) in [5, 5.41) is 3.38. The smallest absolute Gasteiger partial charge is 0.124 e. The fraction of sp³-hybridized carbons (Fsp3) is 0.533. The lowest BCUT2D eigenvalue weighted by atomic mass is 10.2. The number of piperazine rings is 1. The Bertz CT molecular complexity index is 574. The standard InChI is InChI=1S/C15H22N4O/c1-3-20-12-4-5-13-14(10-12)18-15(17-13)11(2)19-8-6-16-7-9-19/h4-5,10-11,16H,3,6-9H2,1-2H3,(H,17,18). The Kier molecular flexibility index (Phi) is 3.89. The van der Waals surface area contributed by atoms with E-state index < -0.39 is 0 Å². The van der Waals surface area contributed by atoms with Crippen molar-refractivity contribution in [2.45, 2.75) is 19.9 Å². The van der Waals surface area contributed by atoms with E-state index in [1.165, 1.54) is 0 Å². The molecule has 1 aliphatic heterocycles. The van der Waals surface area contributed by atoms with Gasteiger partial charge in [0.05, 0.1) is 23.7 Å². The Balaban J connectivity index is 1.84. The quantitative estimate of drug-likeness (QED) is 0.894. The van der Waals surface area contributed by atoms with Crippen LogP contribution in [0, 0.1) is 0 Å². The van der Waals surface area contributed by atoms with Crippen LogP contribution in [0.2, 0.25) is 0 Å². The second-order valence-corrected chi connectivity index (χ2v) is 5.20. The highest BCUT2D eigenvalue weighted by Gasteiger charge is 2.20. The first-order valence-corrected chi connectivity index (χ1v) is 7.35. The van der Waals surface area contributed by atoms with Gasteiger partial charge in [0.1, 0.15) is 11.6 Å². The molecule has 2 heterocycles. The van der Waals surface area contributed by atoms with Crippen LogP contribution in [0.1, 0.15) is 25.7 Å². The molecule has 0 radical (unpaired) electrons. The fourth-order valence-corrected chi connectivity index (χ4v) is 2.71. The molecule has 3 rings (SSSR count). The summed E-state index contributed by atoms with van der Waals surface area (Å²) in [7, 11) is 0. The van der Waals surface area contributed by atoms with Crippen molar-refractivity contribution in [1.82, 2.24) is 20.2 Å². The molecular weight excluding hydrogens is 252 g/mol. The molecule has 1 saturated heterocycles. The summed E-state index contributed by atoms with van der Waals surface area (Å²) >= 11 is 0. The van der Waals surface area contributed by atoms with E-state index >= 15 is 0 Å². The van der Waals surface area contributed by atoms with Crippen molar-refractivity contribution in [3.8, 4) is 5.75 Å². The summed E-state index contributed by atoms with van der Waals surface area (Å²) in [5.41, 5.74) is 2.05. The van der Waals surface area contributed by atoms with E-state index in [9.17, 15) is 0 Å². The number of rotatable bonds is 4. The monoisotopic (exact) mass is 274 g/mol. The van der Waals surface area contributed by atoms with Crippen LogP contribution in [-0.2, 0) is 0 Å². The lowest BCUT2D eigenvalue weighted by Gasteiger charge is -2.31. The van der Waals surface area contributed by atoms with Crippen LogP contribution >= 0.6 is 0 Å². The molecule has 1 aliphatic rings. The number of benzene rings is 1. The molecule has 5 heteroatoms. The summed E-state index contributed by atoms with van der Waals surface area (Å²) < 4.78 is 5.53. The van der Waals surface area contributed by atoms with E-state index in [1.54, 1.807) is 0 Å². The van der Waals surface area contributed by atoms with Gasteiger partial charge in [-0.1, -0.05) is 0 Å². The fourth-order valence-electron chi connectivity index (χ4n) is 2.71. The van der Waals surface area contributed by atoms with E-state index in [0.717, 1.165) is 48.8 Å². The first-order chi connectivity index (χ1) is 9.78. The number of nitrogens with zero attached hydrogens (tertiary/aromatic N) is 2. The molecule has 0 aliphatic carbocycles. The lowest BCUT2D eigenvalue weighted by molar-refractivity contribution is 0.180. The second-order valence-electron chi connectivity index (χ2n) is 5.20. The Morgan fingerprint density at radius 3 is 2.90 bits per heavy atom. The minimum Gasteiger partial charge on any atom is -0.494 e. The molecule has 1 fully saturated rings. The SMILES string of the molecule is CCOc1ccc2nc(C(C)N3CCNCC3)[nH]c2c1. The van der Waals surface area contributed by atoms with Crippen molar-refractivity contribution in [3.05, 3.63) is 24.0 Å². The van der Waals surface area contributed by atoms with Gasteiger partial charge in [-0.15, -0.1) is 0 Å². The van der Waals surface area contributed by atoms with Crippen molar-refractivity contribution >= 4 is 11.0 Å². The van der Waals surface area contributed by atoms with Crippen LogP contribution in [-0.4, -0.2) is 47.7 Å². The molecule has 0 bridgehead atoms. The van der Waals surface area contributed by atoms with Gasteiger partial charge in [-0.25, -0.2) is 4.98 Å². The molecule has 2 aromatic rings. The number of hydrogen-bond acceptors (Lipinski definition) is 4. The molecule has 0 spiro atoms. The molecule has 108 valence electrons. The molecule has 1 atom stereocenters. The third-order valence-electron chi connectivity index (χ3n) is 3.88. The van der Waals surface area contributed by atoms with Crippen molar-refractivity contribution < 1.29 is 4.74 Å². The molecule has 20 heavy (non-hydrogen) atoms. The van der Waals surface area contributed by atoms with Crippen molar-refractivity contribution in [1.29, 1.82) is 0 Å². The third kappa shape index (κ3) is 2.64. The first kappa shape index (κ1) is 13.4. The Labute approximate surface area is 119 Å². The van der Waals surface area contributed by atoms with Gasteiger partial charge in [0, 0.05) is 32.2 Å². The van der Waals surface area contributed by atoms with Gasteiger partial charge in [-0.3, -0.25) is 4.90 Å². The highest BCUT2D eigenvalue weighted by molar-refractivity contribution is 5.76. The summed E-state index contributed by atoms with van der Waals surface area (Å²) in [6, 6.07) is 6.34. The van der Waals surface area contributed by atoms with Gasteiger partial charge in [-0.2, -0.15) is 0 Å². The molecule has 2 N–H and O–H groups in total. The van der Waals surface area contributed by atoms with Crippen LogP contribution in [0.15, 0.2) is 18.2 Å². The van der Waals surface area contributed by atoms with Crippen LogP contribution in [0.5, 0.6) is 5.75 Å². The average Bonchev–Trinajstić information content (AvgIpc) is 2.91. The summed E-state index contributed by atoms with van der Waals surface area (Å²) in [5.74, 6) is 1.93. The zero-order valence-corrected chi connectivity index (χ0v) is 12.1. The number of ether oxygens (including phenoxy) is 1. The van der Waals surface area contributed by atoms with Gasteiger partial charge >= 0.3 is 0 Å². The third-order valence-corrected chi connectivity index (χ3v) is 3.88. The van der Waals surface area contributed by atoms with Crippen LogP contribution in [0.3, 0.4) is 0 Å². The van der Waals surface area contributed by atoms with Crippen LogP contribution < -0.4 is 10.1 Å². The first-order valence-electron chi connectivity index (χ1n) is 7.35. The highest BCUT2D eigenvalue weighted by atomic mass is 16.5. The van der Waals surface area contributed by atoms with Gasteiger partial charge in [0.2, 0.25) is 0 Å². The van der Waals surface area contributed by atoms with Crippen molar-refractivity contribution in [2.75, 3.05) is 32.8 Å². The largest absolute Gasteiger partial charge is 0.494 e. The zero-order valence-electron chi connectivity index (χ0n) is 12.1. The van der Waals surface area contributed by atoms with Gasteiger partial charge in [0.15, 0.2) is 0 Å². The summed E-state index contributed by atoms with van der Waals surface area (Å²) in [6.07, 6.45) is 0. The second kappa shape index (κ2) is 5.81. The molecule has 1 aromatic carbocycles. The van der Waals surface area contributed by atoms with Gasteiger partial charge in [-0.05, 0) is 26.0 Å². The molecule has 1 aromatic heterocycles. The predicted molar refractivity (Wildman–Crippen MR) is 80.1 cm³/mol. The molecule has 0 saturated carbocycles. The number of imidazole rings is 1. The molecule has 5 nitrogen and oxygen atoms in total. The van der Waals surface area contributed by atoms with Crippen LogP contribution in [0.4, 0.5) is 0 Å². The van der Waals surface area contributed by atoms with E-state index in [1.807, 2.05) is 25.1 Å². The van der Waals surface area contributed by atoms with E-state index in [4.69, 9.17) is 9.72 Å². The normalized spacial score (nSPS) is 18.3. The van der Waals surface area contributed by atoms with Gasteiger partial charge < -0.3 is 15.0 Å². The maximum atomic E-state index is 5.53. The maximum Gasteiger partial charge on any atom is 0.124 e. The topological polar surface area (TPSA) is 53.2 Å². The minimum atomic E-state index is 0.319. The van der Waals surface area contributed by atoms with E-state index in [2.05, 4.69) is 22.1 Å². The molecule has 1 unspecified atom stereocenters. The average molecular weight is 274 g/mol. The number of hydrogen-bond donors (Lipinski definition) is 2. The Hall–Kier alpha value is -1.59. The summed E-state index contributed by atoms with van der Waals surface area (Å²) in [6.45, 7) is 9.15. The Morgan fingerprint density at radius 1 is 1.35 bits per heavy atom. The lowest BCUT2D eigenvalue weighted by Crippen LogP contribution is -2.44. The van der Waals surface area contributed by atoms with Crippen molar-refractivity contribution in [2.24, 2.45) is 0 Å². The molecule has 0 amide bonds. The maximum absolute atomic E-state index is 5.53.